The van der Waals surface area contributed by atoms with Crippen molar-refractivity contribution in [1.29, 1.82) is 0 Å². The Morgan fingerprint density at radius 2 is 1.71 bits per heavy atom. The number of hydrogen-bond donors (Lipinski definition) is 1. The normalized spacial score (nSPS) is 17.1. The molecule has 0 saturated heterocycles. The molecule has 0 heterocycles. The Morgan fingerprint density at radius 1 is 1.21 bits per heavy atom. The summed E-state index contributed by atoms with van der Waals surface area (Å²) >= 11 is 0. The summed E-state index contributed by atoms with van der Waals surface area (Å²) in [5.74, 6) is 0.660. The minimum absolute atomic E-state index is 0.107. The van der Waals surface area contributed by atoms with Crippen molar-refractivity contribution in [3.8, 4) is 0 Å². The fourth-order valence-electron chi connectivity index (χ4n) is 2.09. The molecule has 0 aliphatic carbocycles. The highest BCUT2D eigenvalue weighted by molar-refractivity contribution is 4.91. The standard InChI is InChI=1S/C12H27NO/c1-10(2)7-12(8-13,9-14-6)11(3,4)5/h10H,7-9,13H2,1-6H3. The summed E-state index contributed by atoms with van der Waals surface area (Å²) in [6.45, 7) is 12.7. The Kier molecular flexibility index (Phi) is 5.10. The first-order valence-electron chi connectivity index (χ1n) is 5.48. The zero-order valence-electron chi connectivity index (χ0n) is 10.7. The van der Waals surface area contributed by atoms with Crippen molar-refractivity contribution in [3.63, 3.8) is 0 Å². The predicted molar refractivity (Wildman–Crippen MR) is 62.3 cm³/mol. The molecule has 0 bridgehead atoms. The second-order valence-corrected chi connectivity index (χ2v) is 5.77. The van der Waals surface area contributed by atoms with Crippen LogP contribution in [-0.2, 0) is 4.74 Å². The van der Waals surface area contributed by atoms with Gasteiger partial charge in [-0.1, -0.05) is 34.6 Å². The highest BCUT2D eigenvalue weighted by Gasteiger charge is 2.41. The van der Waals surface area contributed by atoms with Crippen molar-refractivity contribution in [2.75, 3.05) is 20.3 Å². The van der Waals surface area contributed by atoms with Gasteiger partial charge in [-0.15, -0.1) is 0 Å². The topological polar surface area (TPSA) is 35.2 Å². The molecule has 14 heavy (non-hydrogen) atoms. The van der Waals surface area contributed by atoms with Gasteiger partial charge in [0.25, 0.3) is 0 Å². The van der Waals surface area contributed by atoms with Gasteiger partial charge in [-0.25, -0.2) is 0 Å². The van der Waals surface area contributed by atoms with Gasteiger partial charge in [0.1, 0.15) is 0 Å². The minimum Gasteiger partial charge on any atom is -0.384 e. The quantitative estimate of drug-likeness (QED) is 0.742. The summed E-state index contributed by atoms with van der Waals surface area (Å²) in [6.07, 6.45) is 1.13. The third-order valence-corrected chi connectivity index (χ3v) is 3.20. The van der Waals surface area contributed by atoms with E-state index in [0.717, 1.165) is 13.0 Å². The van der Waals surface area contributed by atoms with E-state index in [9.17, 15) is 0 Å². The van der Waals surface area contributed by atoms with Gasteiger partial charge >= 0.3 is 0 Å². The van der Waals surface area contributed by atoms with E-state index in [-0.39, 0.29) is 10.8 Å². The zero-order chi connectivity index (χ0) is 11.4. The molecule has 2 N–H and O–H groups in total. The molecule has 0 aromatic rings. The Bertz CT molecular complexity index is 160. The Labute approximate surface area is 89.2 Å². The zero-order valence-corrected chi connectivity index (χ0v) is 10.7. The summed E-state index contributed by atoms with van der Waals surface area (Å²) in [5, 5.41) is 0. The number of hydrogen-bond acceptors (Lipinski definition) is 2. The molecule has 0 spiro atoms. The van der Waals surface area contributed by atoms with Crippen LogP contribution in [0, 0.1) is 16.7 Å². The van der Waals surface area contributed by atoms with Crippen molar-refractivity contribution >= 4 is 0 Å². The van der Waals surface area contributed by atoms with Crippen LogP contribution in [0.2, 0.25) is 0 Å². The average molecular weight is 201 g/mol. The molecule has 2 nitrogen and oxygen atoms in total. The minimum atomic E-state index is 0.107. The fraction of sp³-hybridized carbons (Fsp3) is 1.00. The monoisotopic (exact) mass is 201 g/mol. The van der Waals surface area contributed by atoms with Gasteiger partial charge in [-0.2, -0.15) is 0 Å². The van der Waals surface area contributed by atoms with Crippen LogP contribution in [0.25, 0.3) is 0 Å². The molecule has 0 aromatic carbocycles. The average Bonchev–Trinajstić information content (AvgIpc) is 2.00. The molecular formula is C12H27NO. The van der Waals surface area contributed by atoms with Crippen molar-refractivity contribution in [3.05, 3.63) is 0 Å². The first kappa shape index (κ1) is 13.9. The second-order valence-electron chi connectivity index (χ2n) is 5.77. The molecular weight excluding hydrogens is 174 g/mol. The van der Waals surface area contributed by atoms with Gasteiger partial charge in [0.2, 0.25) is 0 Å². The highest BCUT2D eigenvalue weighted by Crippen LogP contribution is 2.43. The van der Waals surface area contributed by atoms with E-state index in [1.807, 2.05) is 0 Å². The fourth-order valence-corrected chi connectivity index (χ4v) is 2.09. The Balaban J connectivity index is 4.78. The summed E-state index contributed by atoms with van der Waals surface area (Å²) in [6, 6.07) is 0. The van der Waals surface area contributed by atoms with E-state index in [2.05, 4.69) is 34.6 Å². The molecule has 0 aliphatic rings. The summed E-state index contributed by atoms with van der Waals surface area (Å²) in [7, 11) is 1.76. The SMILES string of the molecule is COCC(CN)(CC(C)C)C(C)(C)C. The molecule has 2 heteroatoms. The summed E-state index contributed by atoms with van der Waals surface area (Å²) in [5.41, 5.74) is 6.25. The smallest absolute Gasteiger partial charge is 0.0535 e. The van der Waals surface area contributed by atoms with Crippen LogP contribution in [0.3, 0.4) is 0 Å². The van der Waals surface area contributed by atoms with E-state index >= 15 is 0 Å². The second kappa shape index (κ2) is 5.13. The van der Waals surface area contributed by atoms with Crippen LogP contribution >= 0.6 is 0 Å². The maximum Gasteiger partial charge on any atom is 0.0535 e. The molecule has 0 amide bonds. The summed E-state index contributed by atoms with van der Waals surface area (Å²) in [4.78, 5) is 0. The molecule has 0 aromatic heterocycles. The van der Waals surface area contributed by atoms with E-state index in [1.54, 1.807) is 7.11 Å². The maximum atomic E-state index is 5.95. The molecule has 86 valence electrons. The van der Waals surface area contributed by atoms with E-state index in [0.29, 0.717) is 12.5 Å². The van der Waals surface area contributed by atoms with Crippen molar-refractivity contribution in [1.82, 2.24) is 0 Å². The first-order valence-corrected chi connectivity index (χ1v) is 5.48. The molecule has 0 aliphatic heterocycles. The lowest BCUT2D eigenvalue weighted by atomic mass is 9.63. The van der Waals surface area contributed by atoms with Crippen LogP contribution < -0.4 is 5.73 Å². The van der Waals surface area contributed by atoms with Gasteiger partial charge in [-0.05, 0) is 17.8 Å². The molecule has 0 saturated carbocycles. The molecule has 0 fully saturated rings. The Morgan fingerprint density at radius 3 is 1.93 bits per heavy atom. The van der Waals surface area contributed by atoms with Crippen LogP contribution in [0.4, 0.5) is 0 Å². The van der Waals surface area contributed by atoms with Crippen LogP contribution in [0.15, 0.2) is 0 Å². The number of nitrogens with two attached hydrogens (primary N) is 1. The lowest BCUT2D eigenvalue weighted by molar-refractivity contribution is -0.0154. The van der Waals surface area contributed by atoms with Crippen molar-refractivity contribution in [2.45, 2.75) is 41.0 Å². The van der Waals surface area contributed by atoms with Crippen LogP contribution in [0.1, 0.15) is 41.0 Å². The van der Waals surface area contributed by atoms with Crippen molar-refractivity contribution in [2.24, 2.45) is 22.5 Å². The lowest BCUT2D eigenvalue weighted by Gasteiger charge is -2.45. The molecule has 1 atom stereocenters. The van der Waals surface area contributed by atoms with Crippen LogP contribution in [0.5, 0.6) is 0 Å². The molecule has 1 unspecified atom stereocenters. The third kappa shape index (κ3) is 3.25. The largest absolute Gasteiger partial charge is 0.384 e. The van der Waals surface area contributed by atoms with Gasteiger partial charge < -0.3 is 10.5 Å². The summed E-state index contributed by atoms with van der Waals surface area (Å²) < 4.78 is 5.35. The van der Waals surface area contributed by atoms with E-state index < -0.39 is 0 Å². The first-order chi connectivity index (χ1) is 6.29. The lowest BCUT2D eigenvalue weighted by Crippen LogP contribution is -2.46. The highest BCUT2D eigenvalue weighted by atomic mass is 16.5. The predicted octanol–water partition coefficient (Wildman–Crippen LogP) is 2.67. The molecule has 0 radical (unpaired) electrons. The third-order valence-electron chi connectivity index (χ3n) is 3.20. The number of methoxy groups -OCH3 is 1. The number of rotatable bonds is 5. The molecule has 0 rings (SSSR count). The van der Waals surface area contributed by atoms with E-state index in [4.69, 9.17) is 10.5 Å². The Hall–Kier alpha value is -0.0800. The number of ether oxygens (including phenoxy) is 1. The van der Waals surface area contributed by atoms with Crippen LogP contribution in [-0.4, -0.2) is 20.3 Å². The van der Waals surface area contributed by atoms with E-state index in [1.165, 1.54) is 0 Å². The van der Waals surface area contributed by atoms with Gasteiger partial charge in [-0.3, -0.25) is 0 Å². The maximum absolute atomic E-state index is 5.95. The van der Waals surface area contributed by atoms with Gasteiger partial charge in [0, 0.05) is 19.1 Å². The van der Waals surface area contributed by atoms with Gasteiger partial charge in [0.15, 0.2) is 0 Å². The van der Waals surface area contributed by atoms with Gasteiger partial charge in [0.05, 0.1) is 6.61 Å². The van der Waals surface area contributed by atoms with Crippen molar-refractivity contribution < 1.29 is 4.74 Å².